The summed E-state index contributed by atoms with van der Waals surface area (Å²) in [7, 11) is 0. The molecule has 0 spiro atoms. The number of aromatic nitrogens is 2. The van der Waals surface area contributed by atoms with Crippen LogP contribution in [0.4, 0.5) is 0 Å². The van der Waals surface area contributed by atoms with E-state index in [9.17, 15) is 5.26 Å². The standard InChI is InChI=1S/C49H39N3/c1-6-16-42-32(3)47-43(49(42,4)5)26-25-41-40-22-12-14-24-46(40)52(48(41)47)38(7-2)29-36(35-20-15-17-33(27-35)31-50)28-37-30-45(34-18-9-8-10-19-34)51-44-23-13-11-21-39(37)44/h6-30H,2H2,1,3-5H3/b16-6-,36-28?,38-29+. The van der Waals surface area contributed by atoms with Crippen LogP contribution in [0.1, 0.15) is 55.5 Å². The Morgan fingerprint density at radius 3 is 2.35 bits per heavy atom. The van der Waals surface area contributed by atoms with Crippen molar-refractivity contribution >= 4 is 55.6 Å². The van der Waals surface area contributed by atoms with Crippen molar-refractivity contribution < 1.29 is 0 Å². The Bertz CT molecular complexity index is 2740. The van der Waals surface area contributed by atoms with Crippen LogP contribution in [0.5, 0.6) is 0 Å². The molecule has 5 aromatic carbocycles. The fraction of sp³-hybridized carbons (Fsp3) is 0.102. The van der Waals surface area contributed by atoms with Gasteiger partial charge in [0.05, 0.1) is 33.9 Å². The van der Waals surface area contributed by atoms with Crippen LogP contribution in [0.2, 0.25) is 0 Å². The Hall–Kier alpha value is -6.50. The predicted octanol–water partition coefficient (Wildman–Crippen LogP) is 12.8. The molecule has 3 nitrogen and oxygen atoms in total. The van der Waals surface area contributed by atoms with Crippen LogP contribution in [-0.4, -0.2) is 9.55 Å². The third kappa shape index (κ3) is 5.32. The Balaban J connectivity index is 1.45. The number of pyridine rings is 1. The number of fused-ring (bicyclic) bond motifs is 6. The molecule has 0 atom stereocenters. The van der Waals surface area contributed by atoms with Crippen LogP contribution in [0.25, 0.3) is 66.9 Å². The van der Waals surface area contributed by atoms with Crippen molar-refractivity contribution in [3.8, 4) is 17.3 Å². The summed E-state index contributed by atoms with van der Waals surface area (Å²) in [5.74, 6) is 0. The molecule has 3 heteroatoms. The summed E-state index contributed by atoms with van der Waals surface area (Å²) in [6, 6.07) is 44.2. The first-order valence-electron chi connectivity index (χ1n) is 17.8. The largest absolute Gasteiger partial charge is 0.309 e. The predicted molar refractivity (Wildman–Crippen MR) is 221 cm³/mol. The summed E-state index contributed by atoms with van der Waals surface area (Å²) in [5, 5.41) is 13.4. The van der Waals surface area contributed by atoms with Crippen molar-refractivity contribution in [2.45, 2.75) is 33.1 Å². The fourth-order valence-electron chi connectivity index (χ4n) is 8.07. The lowest BCUT2D eigenvalue weighted by molar-refractivity contribution is 0.654. The molecule has 2 heterocycles. The van der Waals surface area contributed by atoms with E-state index in [4.69, 9.17) is 4.98 Å². The van der Waals surface area contributed by atoms with E-state index in [1.54, 1.807) is 0 Å². The first-order chi connectivity index (χ1) is 25.3. The summed E-state index contributed by atoms with van der Waals surface area (Å²) < 4.78 is 2.39. The van der Waals surface area contributed by atoms with Crippen molar-refractivity contribution in [3.63, 3.8) is 0 Å². The van der Waals surface area contributed by atoms with Crippen molar-refractivity contribution in [2.24, 2.45) is 0 Å². The Kier molecular flexibility index (Phi) is 8.17. The molecule has 7 aromatic rings. The first-order valence-corrected chi connectivity index (χ1v) is 17.8. The van der Waals surface area contributed by atoms with Crippen LogP contribution in [0, 0.1) is 11.3 Å². The summed E-state index contributed by atoms with van der Waals surface area (Å²) in [5.41, 5.74) is 14.8. The molecule has 0 fully saturated rings. The molecular weight excluding hydrogens is 631 g/mol. The molecule has 0 saturated heterocycles. The average molecular weight is 670 g/mol. The molecule has 1 aliphatic carbocycles. The second kappa shape index (κ2) is 13.0. The molecule has 52 heavy (non-hydrogen) atoms. The van der Waals surface area contributed by atoms with E-state index in [0.717, 1.165) is 50.1 Å². The molecule has 0 bridgehead atoms. The summed E-state index contributed by atoms with van der Waals surface area (Å²) in [4.78, 5) is 5.05. The molecule has 0 amide bonds. The third-order valence-corrected chi connectivity index (χ3v) is 10.5. The number of benzene rings is 5. The van der Waals surface area contributed by atoms with Gasteiger partial charge in [-0.15, -0.1) is 0 Å². The number of hydrogen-bond donors (Lipinski definition) is 0. The van der Waals surface area contributed by atoms with Gasteiger partial charge in [0.25, 0.3) is 0 Å². The maximum Gasteiger partial charge on any atom is 0.0991 e. The van der Waals surface area contributed by atoms with Crippen LogP contribution < -0.4 is 0 Å². The minimum Gasteiger partial charge on any atom is -0.309 e. The maximum absolute atomic E-state index is 9.95. The van der Waals surface area contributed by atoms with E-state index in [0.29, 0.717) is 5.56 Å². The van der Waals surface area contributed by atoms with Gasteiger partial charge in [0, 0.05) is 38.4 Å². The van der Waals surface area contributed by atoms with Gasteiger partial charge in [-0.05, 0) is 95.8 Å². The number of hydrogen-bond acceptors (Lipinski definition) is 2. The monoisotopic (exact) mass is 669 g/mol. The highest BCUT2D eigenvalue weighted by Gasteiger charge is 2.37. The van der Waals surface area contributed by atoms with Crippen LogP contribution >= 0.6 is 0 Å². The average Bonchev–Trinajstić information content (AvgIpc) is 3.61. The normalized spacial score (nSPS) is 14.4. The smallest absolute Gasteiger partial charge is 0.0991 e. The van der Waals surface area contributed by atoms with E-state index < -0.39 is 0 Å². The molecule has 250 valence electrons. The van der Waals surface area contributed by atoms with Crippen molar-refractivity contribution in [1.29, 1.82) is 5.26 Å². The van der Waals surface area contributed by atoms with E-state index in [2.05, 4.69) is 148 Å². The van der Waals surface area contributed by atoms with Crippen LogP contribution in [-0.2, 0) is 5.41 Å². The zero-order chi connectivity index (χ0) is 36.0. The molecule has 8 rings (SSSR count). The summed E-state index contributed by atoms with van der Waals surface area (Å²) in [6.45, 7) is 13.4. The Morgan fingerprint density at radius 1 is 0.827 bits per heavy atom. The topological polar surface area (TPSA) is 41.6 Å². The number of nitrogens with zero attached hydrogens (tertiary/aromatic N) is 3. The molecule has 0 radical (unpaired) electrons. The molecule has 0 aliphatic heterocycles. The number of nitriles is 1. The molecule has 0 saturated carbocycles. The van der Waals surface area contributed by atoms with Gasteiger partial charge in [-0.1, -0.05) is 124 Å². The van der Waals surface area contributed by atoms with Crippen LogP contribution in [0.3, 0.4) is 0 Å². The zero-order valence-electron chi connectivity index (χ0n) is 30.0. The lowest BCUT2D eigenvalue weighted by Gasteiger charge is -2.23. The first kappa shape index (κ1) is 32.7. The van der Waals surface area contributed by atoms with E-state index in [1.807, 2.05) is 48.5 Å². The SMILES string of the molecule is C=C/C(=C\C(=Cc1cc(-c2ccccc2)nc2ccccc12)c1cccc(C#N)c1)n1c2ccccc2c2ccc3c(c21)C(C)=C(/C=C\C)C3(C)C. The van der Waals surface area contributed by atoms with Gasteiger partial charge in [-0.25, -0.2) is 4.98 Å². The van der Waals surface area contributed by atoms with Gasteiger partial charge >= 0.3 is 0 Å². The number of rotatable bonds is 7. The van der Waals surface area contributed by atoms with Crippen molar-refractivity contribution in [1.82, 2.24) is 9.55 Å². The Labute approximate surface area is 305 Å². The fourth-order valence-corrected chi connectivity index (χ4v) is 8.07. The second-order valence-corrected chi connectivity index (χ2v) is 13.9. The highest BCUT2D eigenvalue weighted by atomic mass is 15.0. The molecular formula is C49H39N3. The third-order valence-electron chi connectivity index (χ3n) is 10.5. The van der Waals surface area contributed by atoms with Gasteiger partial charge in [0.2, 0.25) is 0 Å². The summed E-state index contributed by atoms with van der Waals surface area (Å²) >= 11 is 0. The van der Waals surface area contributed by atoms with Crippen molar-refractivity contribution in [2.75, 3.05) is 0 Å². The molecule has 0 unspecified atom stereocenters. The lowest BCUT2D eigenvalue weighted by atomic mass is 9.81. The van der Waals surface area contributed by atoms with E-state index in [1.165, 1.54) is 38.6 Å². The molecule has 1 aliphatic rings. The number of allylic oxidation sites excluding steroid dienone is 8. The van der Waals surface area contributed by atoms with Crippen molar-refractivity contribution in [3.05, 3.63) is 186 Å². The van der Waals surface area contributed by atoms with Gasteiger partial charge in [-0.2, -0.15) is 5.26 Å². The summed E-state index contributed by atoms with van der Waals surface area (Å²) in [6.07, 6.45) is 10.8. The van der Waals surface area contributed by atoms with E-state index in [-0.39, 0.29) is 5.41 Å². The second-order valence-electron chi connectivity index (χ2n) is 13.9. The molecule has 2 aromatic heterocycles. The zero-order valence-corrected chi connectivity index (χ0v) is 30.0. The maximum atomic E-state index is 9.95. The van der Waals surface area contributed by atoms with Gasteiger partial charge in [-0.3, -0.25) is 0 Å². The highest BCUT2D eigenvalue weighted by Crippen LogP contribution is 2.51. The lowest BCUT2D eigenvalue weighted by Crippen LogP contribution is -2.16. The number of para-hydroxylation sites is 2. The quantitative estimate of drug-likeness (QED) is 0.159. The Morgan fingerprint density at radius 2 is 1.58 bits per heavy atom. The van der Waals surface area contributed by atoms with E-state index >= 15 is 0 Å². The highest BCUT2D eigenvalue weighted by molar-refractivity contribution is 6.15. The minimum absolute atomic E-state index is 0.138. The van der Waals surface area contributed by atoms with Crippen LogP contribution in [0.15, 0.2) is 158 Å². The minimum atomic E-state index is -0.138. The van der Waals surface area contributed by atoms with Gasteiger partial charge in [0.1, 0.15) is 0 Å². The van der Waals surface area contributed by atoms with Gasteiger partial charge in [0.15, 0.2) is 0 Å². The van der Waals surface area contributed by atoms with Gasteiger partial charge < -0.3 is 4.57 Å². The molecule has 0 N–H and O–H groups in total.